The standard InChI is InChI=1S/C10H15N5O3S/c1-7-9(3-8(18-7)4-11-2)19(16,17)14-5-10-12-6-13-15-10/h3,6,11,14H,4-5H2,1-2H3,(H,12,13,15). The van der Waals surface area contributed by atoms with E-state index in [4.69, 9.17) is 4.42 Å². The van der Waals surface area contributed by atoms with Gasteiger partial charge in [0.15, 0.2) is 0 Å². The van der Waals surface area contributed by atoms with Crippen LogP contribution >= 0.6 is 0 Å². The van der Waals surface area contributed by atoms with Crippen LogP contribution in [0.3, 0.4) is 0 Å². The molecular weight excluding hydrogens is 270 g/mol. The zero-order chi connectivity index (χ0) is 13.9. The van der Waals surface area contributed by atoms with Gasteiger partial charge in [0.25, 0.3) is 0 Å². The van der Waals surface area contributed by atoms with Gasteiger partial charge < -0.3 is 9.73 Å². The highest BCUT2D eigenvalue weighted by Gasteiger charge is 2.21. The number of aromatic nitrogens is 3. The highest BCUT2D eigenvalue weighted by atomic mass is 32.2. The number of hydrogen-bond acceptors (Lipinski definition) is 6. The summed E-state index contributed by atoms with van der Waals surface area (Å²) in [6, 6.07) is 1.51. The van der Waals surface area contributed by atoms with Gasteiger partial charge in [0.2, 0.25) is 10.0 Å². The maximum Gasteiger partial charge on any atom is 0.244 e. The maximum atomic E-state index is 12.1. The van der Waals surface area contributed by atoms with Crippen molar-refractivity contribution in [1.29, 1.82) is 0 Å². The van der Waals surface area contributed by atoms with Crippen LogP contribution in [0.4, 0.5) is 0 Å². The molecule has 2 heterocycles. The van der Waals surface area contributed by atoms with Gasteiger partial charge in [-0.1, -0.05) is 0 Å². The minimum Gasteiger partial charge on any atom is -0.464 e. The molecule has 2 rings (SSSR count). The number of sulfonamides is 1. The number of rotatable bonds is 6. The van der Waals surface area contributed by atoms with Gasteiger partial charge in [-0.3, -0.25) is 5.10 Å². The molecule has 0 fully saturated rings. The number of nitrogens with zero attached hydrogens (tertiary/aromatic N) is 2. The van der Waals surface area contributed by atoms with Crippen LogP contribution < -0.4 is 10.0 Å². The first kappa shape index (κ1) is 13.7. The van der Waals surface area contributed by atoms with Crippen molar-refractivity contribution in [3.8, 4) is 0 Å². The number of aryl methyl sites for hydroxylation is 1. The summed E-state index contributed by atoms with van der Waals surface area (Å²) in [5, 5.41) is 9.12. The van der Waals surface area contributed by atoms with Gasteiger partial charge in [0, 0.05) is 6.07 Å². The van der Waals surface area contributed by atoms with Crippen LogP contribution in [-0.4, -0.2) is 30.6 Å². The van der Waals surface area contributed by atoms with E-state index in [0.717, 1.165) is 0 Å². The molecule has 0 saturated carbocycles. The lowest BCUT2D eigenvalue weighted by Crippen LogP contribution is -2.24. The van der Waals surface area contributed by atoms with Crippen molar-refractivity contribution in [2.75, 3.05) is 7.05 Å². The second kappa shape index (κ2) is 5.51. The first-order valence-corrected chi connectivity index (χ1v) is 7.09. The monoisotopic (exact) mass is 285 g/mol. The fraction of sp³-hybridized carbons (Fsp3) is 0.400. The Bertz CT molecular complexity index is 632. The number of hydrogen-bond donors (Lipinski definition) is 3. The quantitative estimate of drug-likeness (QED) is 0.683. The zero-order valence-electron chi connectivity index (χ0n) is 10.6. The Morgan fingerprint density at radius 1 is 1.42 bits per heavy atom. The van der Waals surface area contributed by atoms with Crippen LogP contribution in [0.1, 0.15) is 17.3 Å². The molecule has 9 heteroatoms. The van der Waals surface area contributed by atoms with E-state index >= 15 is 0 Å². The molecule has 0 aliphatic heterocycles. The Labute approximate surface area is 110 Å². The van der Waals surface area contributed by atoms with Gasteiger partial charge in [-0.2, -0.15) is 5.10 Å². The number of nitrogens with one attached hydrogen (secondary N) is 3. The molecule has 0 unspecified atom stereocenters. The van der Waals surface area contributed by atoms with Gasteiger partial charge in [0.05, 0.1) is 13.1 Å². The number of aromatic amines is 1. The van der Waals surface area contributed by atoms with Crippen LogP contribution in [-0.2, 0) is 23.1 Å². The minimum absolute atomic E-state index is 0.0499. The molecule has 19 heavy (non-hydrogen) atoms. The van der Waals surface area contributed by atoms with E-state index in [1.165, 1.54) is 12.4 Å². The molecule has 8 nitrogen and oxygen atoms in total. The Morgan fingerprint density at radius 3 is 2.84 bits per heavy atom. The van der Waals surface area contributed by atoms with Crippen molar-refractivity contribution in [3.05, 3.63) is 29.7 Å². The molecular formula is C10H15N5O3S. The molecule has 0 aliphatic carbocycles. The molecule has 2 aromatic heterocycles. The van der Waals surface area contributed by atoms with E-state index < -0.39 is 10.0 Å². The van der Waals surface area contributed by atoms with Crippen LogP contribution in [0, 0.1) is 6.92 Å². The Morgan fingerprint density at radius 2 is 2.21 bits per heavy atom. The lowest BCUT2D eigenvalue weighted by Gasteiger charge is -2.02. The molecule has 3 N–H and O–H groups in total. The molecule has 0 amide bonds. The summed E-state index contributed by atoms with van der Waals surface area (Å²) >= 11 is 0. The predicted octanol–water partition coefficient (Wildman–Crippen LogP) is -0.0960. The van der Waals surface area contributed by atoms with E-state index in [1.54, 1.807) is 14.0 Å². The fourth-order valence-corrected chi connectivity index (χ4v) is 2.80. The third kappa shape index (κ3) is 3.19. The molecule has 0 bridgehead atoms. The van der Waals surface area contributed by atoms with Crippen molar-refractivity contribution >= 4 is 10.0 Å². The highest BCUT2D eigenvalue weighted by Crippen LogP contribution is 2.19. The van der Waals surface area contributed by atoms with Crippen molar-refractivity contribution in [1.82, 2.24) is 25.2 Å². The van der Waals surface area contributed by atoms with E-state index in [2.05, 4.69) is 25.2 Å². The summed E-state index contributed by atoms with van der Waals surface area (Å²) in [4.78, 5) is 3.98. The largest absolute Gasteiger partial charge is 0.464 e. The highest BCUT2D eigenvalue weighted by molar-refractivity contribution is 7.89. The lowest BCUT2D eigenvalue weighted by molar-refractivity contribution is 0.465. The Balaban J connectivity index is 2.14. The average molecular weight is 285 g/mol. The summed E-state index contributed by atoms with van der Waals surface area (Å²) in [5.41, 5.74) is 0. The topological polar surface area (TPSA) is 113 Å². The zero-order valence-corrected chi connectivity index (χ0v) is 11.4. The average Bonchev–Trinajstić information content (AvgIpc) is 2.97. The molecule has 0 spiro atoms. The van der Waals surface area contributed by atoms with Gasteiger partial charge in [-0.05, 0) is 14.0 Å². The molecule has 104 valence electrons. The normalized spacial score (nSPS) is 11.9. The van der Waals surface area contributed by atoms with Crippen molar-refractivity contribution in [2.45, 2.75) is 24.9 Å². The van der Waals surface area contributed by atoms with Gasteiger partial charge in [-0.25, -0.2) is 18.1 Å². The third-order valence-corrected chi connectivity index (χ3v) is 3.97. The van der Waals surface area contributed by atoms with Crippen LogP contribution in [0.5, 0.6) is 0 Å². The SMILES string of the molecule is CNCc1cc(S(=O)(=O)NCc2ncn[nH]2)c(C)o1. The number of H-pyrrole nitrogens is 1. The fourth-order valence-electron chi connectivity index (χ4n) is 1.61. The van der Waals surface area contributed by atoms with E-state index in [-0.39, 0.29) is 11.4 Å². The Hall–Kier alpha value is -1.71. The molecule has 0 aliphatic rings. The smallest absolute Gasteiger partial charge is 0.244 e. The van der Waals surface area contributed by atoms with Gasteiger partial charge >= 0.3 is 0 Å². The molecule has 0 radical (unpaired) electrons. The Kier molecular flexibility index (Phi) is 3.98. The van der Waals surface area contributed by atoms with E-state index in [9.17, 15) is 8.42 Å². The summed E-state index contributed by atoms with van der Waals surface area (Å²) in [6.45, 7) is 2.13. The third-order valence-electron chi connectivity index (χ3n) is 2.46. The maximum absolute atomic E-state index is 12.1. The van der Waals surface area contributed by atoms with Crippen LogP contribution in [0.25, 0.3) is 0 Å². The predicted molar refractivity (Wildman–Crippen MR) is 66.6 cm³/mol. The summed E-state index contributed by atoms with van der Waals surface area (Å²) < 4.78 is 32.0. The van der Waals surface area contributed by atoms with Gasteiger partial charge in [-0.15, -0.1) is 0 Å². The summed E-state index contributed by atoms with van der Waals surface area (Å²) in [6.07, 6.45) is 1.32. The van der Waals surface area contributed by atoms with Crippen molar-refractivity contribution in [2.24, 2.45) is 0 Å². The minimum atomic E-state index is -3.62. The lowest BCUT2D eigenvalue weighted by atomic mass is 10.4. The molecule has 0 aromatic carbocycles. The van der Waals surface area contributed by atoms with Crippen molar-refractivity contribution < 1.29 is 12.8 Å². The number of furan rings is 1. The van der Waals surface area contributed by atoms with Gasteiger partial charge in [0.1, 0.15) is 28.6 Å². The van der Waals surface area contributed by atoms with E-state index in [0.29, 0.717) is 23.9 Å². The first-order valence-electron chi connectivity index (χ1n) is 5.61. The van der Waals surface area contributed by atoms with Crippen molar-refractivity contribution in [3.63, 3.8) is 0 Å². The summed E-state index contributed by atoms with van der Waals surface area (Å²) in [5.74, 6) is 1.37. The van der Waals surface area contributed by atoms with E-state index in [1.807, 2.05) is 0 Å². The second-order valence-electron chi connectivity index (χ2n) is 3.92. The second-order valence-corrected chi connectivity index (χ2v) is 5.66. The molecule has 0 saturated heterocycles. The molecule has 2 aromatic rings. The summed E-state index contributed by atoms with van der Waals surface area (Å²) in [7, 11) is -1.87. The molecule has 0 atom stereocenters. The van der Waals surface area contributed by atoms with Crippen LogP contribution in [0.2, 0.25) is 0 Å². The van der Waals surface area contributed by atoms with Crippen LogP contribution in [0.15, 0.2) is 21.7 Å². The first-order chi connectivity index (χ1) is 9.03.